The molecule has 1 nitrogen and oxygen atoms in total. The monoisotopic (exact) mass is 373 g/mol. The molecule has 0 aliphatic rings. The largest absolute Gasteiger partial charge is 0.306 e. The van der Waals surface area contributed by atoms with Crippen LogP contribution in [0.3, 0.4) is 0 Å². The van der Waals surface area contributed by atoms with E-state index in [2.05, 4.69) is 21.2 Å². The fourth-order valence-electron chi connectivity index (χ4n) is 2.15. The molecule has 0 bridgehead atoms. The molecule has 1 N–H and O–H groups in total. The van der Waals surface area contributed by atoms with E-state index in [4.69, 9.17) is 11.6 Å². The summed E-state index contributed by atoms with van der Waals surface area (Å²) in [6.45, 7) is 2.70. The highest BCUT2D eigenvalue weighted by Crippen LogP contribution is 2.33. The lowest BCUT2D eigenvalue weighted by atomic mass is 9.98. The summed E-state index contributed by atoms with van der Waals surface area (Å²) < 4.78 is 28.4. The van der Waals surface area contributed by atoms with Gasteiger partial charge in [-0.2, -0.15) is 0 Å². The minimum Gasteiger partial charge on any atom is -0.306 e. The average molecular weight is 375 g/mol. The Labute approximate surface area is 136 Å². The maximum atomic E-state index is 14.4. The van der Waals surface area contributed by atoms with Crippen molar-refractivity contribution in [2.45, 2.75) is 19.4 Å². The summed E-state index contributed by atoms with van der Waals surface area (Å²) in [7, 11) is 0. The van der Waals surface area contributed by atoms with Crippen molar-refractivity contribution in [2.75, 3.05) is 6.54 Å². The number of benzene rings is 2. The van der Waals surface area contributed by atoms with Gasteiger partial charge in [-0.25, -0.2) is 8.78 Å². The number of halogens is 4. The van der Waals surface area contributed by atoms with Gasteiger partial charge in [-0.05, 0) is 52.7 Å². The molecule has 0 spiro atoms. The molecule has 0 amide bonds. The lowest BCUT2D eigenvalue weighted by Crippen LogP contribution is -2.24. The van der Waals surface area contributed by atoms with Crippen LogP contribution in [-0.4, -0.2) is 6.54 Å². The molecule has 0 saturated carbocycles. The van der Waals surface area contributed by atoms with E-state index in [1.165, 1.54) is 12.1 Å². The zero-order valence-corrected chi connectivity index (χ0v) is 13.8. The predicted molar refractivity (Wildman–Crippen MR) is 85.6 cm³/mol. The van der Waals surface area contributed by atoms with Gasteiger partial charge in [0.2, 0.25) is 0 Å². The maximum Gasteiger partial charge on any atom is 0.148 e. The van der Waals surface area contributed by atoms with Gasteiger partial charge in [0.1, 0.15) is 11.6 Å². The van der Waals surface area contributed by atoms with Gasteiger partial charge in [0.05, 0.1) is 11.1 Å². The van der Waals surface area contributed by atoms with Crippen LogP contribution >= 0.6 is 27.5 Å². The van der Waals surface area contributed by atoms with Gasteiger partial charge in [-0.3, -0.25) is 0 Å². The summed E-state index contributed by atoms with van der Waals surface area (Å²) in [5.74, 6) is -0.844. The summed E-state index contributed by atoms with van der Waals surface area (Å²) >= 11 is 9.15. The van der Waals surface area contributed by atoms with Crippen LogP contribution in [0.2, 0.25) is 5.02 Å². The fraction of sp³-hybridized carbons (Fsp3) is 0.250. The normalized spacial score (nSPS) is 12.4. The van der Waals surface area contributed by atoms with E-state index in [-0.39, 0.29) is 10.8 Å². The number of nitrogens with one attached hydrogen (secondary N) is 1. The molecular formula is C16H15BrClF2N. The molecule has 112 valence electrons. The summed E-state index contributed by atoms with van der Waals surface area (Å²) in [5.41, 5.74) is 1.07. The average Bonchev–Trinajstić information content (AvgIpc) is 2.47. The molecule has 0 aliphatic carbocycles. The van der Waals surface area contributed by atoms with E-state index in [9.17, 15) is 8.78 Å². The van der Waals surface area contributed by atoms with Gasteiger partial charge < -0.3 is 5.32 Å². The molecule has 0 aliphatic heterocycles. The predicted octanol–water partition coefficient (Wildman–Crippen LogP) is 5.47. The van der Waals surface area contributed by atoms with E-state index in [0.717, 1.165) is 6.42 Å². The molecule has 5 heteroatoms. The lowest BCUT2D eigenvalue weighted by Gasteiger charge is -2.21. The number of hydrogen-bond donors (Lipinski definition) is 1. The Hall–Kier alpha value is -0.970. The van der Waals surface area contributed by atoms with Crippen molar-refractivity contribution in [1.29, 1.82) is 0 Å². The van der Waals surface area contributed by atoms with Crippen LogP contribution in [0.15, 0.2) is 40.9 Å². The van der Waals surface area contributed by atoms with E-state index in [0.29, 0.717) is 22.1 Å². The topological polar surface area (TPSA) is 12.0 Å². The first-order chi connectivity index (χ1) is 10.0. The van der Waals surface area contributed by atoms with Crippen molar-refractivity contribution in [3.8, 4) is 0 Å². The van der Waals surface area contributed by atoms with Crippen LogP contribution in [0.1, 0.15) is 30.5 Å². The molecule has 1 atom stereocenters. The first-order valence-corrected chi connectivity index (χ1v) is 7.84. The highest BCUT2D eigenvalue weighted by atomic mass is 79.9. The second-order valence-electron chi connectivity index (χ2n) is 4.71. The van der Waals surface area contributed by atoms with Crippen LogP contribution < -0.4 is 5.32 Å². The van der Waals surface area contributed by atoms with Crippen molar-refractivity contribution in [2.24, 2.45) is 0 Å². The van der Waals surface area contributed by atoms with Crippen LogP contribution in [0.25, 0.3) is 0 Å². The third-order valence-electron chi connectivity index (χ3n) is 3.16. The first kappa shape index (κ1) is 16.4. The van der Waals surface area contributed by atoms with Gasteiger partial charge in [0, 0.05) is 10.0 Å². The van der Waals surface area contributed by atoms with Crippen molar-refractivity contribution in [1.82, 2.24) is 5.32 Å². The molecule has 2 aromatic rings. The van der Waals surface area contributed by atoms with Gasteiger partial charge in [0.15, 0.2) is 0 Å². The van der Waals surface area contributed by atoms with Gasteiger partial charge in [-0.1, -0.05) is 36.7 Å². The molecular weight excluding hydrogens is 360 g/mol. The molecule has 0 fully saturated rings. The first-order valence-electron chi connectivity index (χ1n) is 6.66. The van der Waals surface area contributed by atoms with Crippen molar-refractivity contribution in [3.05, 3.63) is 68.7 Å². The van der Waals surface area contributed by atoms with Crippen molar-refractivity contribution < 1.29 is 8.78 Å². The molecule has 21 heavy (non-hydrogen) atoms. The highest BCUT2D eigenvalue weighted by molar-refractivity contribution is 9.10. The van der Waals surface area contributed by atoms with Gasteiger partial charge in [-0.15, -0.1) is 0 Å². The SMILES string of the molecule is CCCNC(c1cccc(F)c1)c1ccc(Br)c(Cl)c1F. The lowest BCUT2D eigenvalue weighted by molar-refractivity contribution is 0.542. The fourth-order valence-corrected chi connectivity index (χ4v) is 2.62. The zero-order valence-electron chi connectivity index (χ0n) is 11.5. The Morgan fingerprint density at radius 2 is 2.00 bits per heavy atom. The second kappa shape index (κ2) is 7.34. The Morgan fingerprint density at radius 3 is 2.67 bits per heavy atom. The molecule has 0 aromatic heterocycles. The zero-order chi connectivity index (χ0) is 15.4. The standard InChI is InChI=1S/C16H15BrClF2N/c1-2-8-21-16(10-4-3-5-11(19)9-10)12-6-7-13(17)14(18)15(12)20/h3-7,9,16,21H,2,8H2,1H3. The van der Waals surface area contributed by atoms with E-state index in [1.54, 1.807) is 24.3 Å². The summed E-state index contributed by atoms with van der Waals surface area (Å²) in [4.78, 5) is 0. The van der Waals surface area contributed by atoms with Crippen molar-refractivity contribution in [3.63, 3.8) is 0 Å². The van der Waals surface area contributed by atoms with Crippen LogP contribution in [0.4, 0.5) is 8.78 Å². The molecule has 0 saturated heterocycles. The Kier molecular flexibility index (Phi) is 5.73. The maximum absolute atomic E-state index is 14.4. The van der Waals surface area contributed by atoms with Gasteiger partial charge in [0.25, 0.3) is 0 Å². The highest BCUT2D eigenvalue weighted by Gasteiger charge is 2.20. The molecule has 2 aromatic carbocycles. The smallest absolute Gasteiger partial charge is 0.148 e. The van der Waals surface area contributed by atoms with Crippen LogP contribution in [0.5, 0.6) is 0 Å². The van der Waals surface area contributed by atoms with E-state index in [1.807, 2.05) is 6.92 Å². The Morgan fingerprint density at radius 1 is 1.24 bits per heavy atom. The third kappa shape index (κ3) is 3.82. The minimum absolute atomic E-state index is 0.0344. The molecule has 2 rings (SSSR count). The third-order valence-corrected chi connectivity index (χ3v) is 4.42. The summed E-state index contributed by atoms with van der Waals surface area (Å²) in [5, 5.41) is 3.27. The summed E-state index contributed by atoms with van der Waals surface area (Å²) in [6.07, 6.45) is 0.887. The Balaban J connectivity index is 2.48. The summed E-state index contributed by atoms with van der Waals surface area (Å²) in [6, 6.07) is 9.07. The van der Waals surface area contributed by atoms with Crippen LogP contribution in [0, 0.1) is 11.6 Å². The molecule has 1 unspecified atom stereocenters. The minimum atomic E-state index is -0.496. The number of hydrogen-bond acceptors (Lipinski definition) is 1. The van der Waals surface area contributed by atoms with Crippen molar-refractivity contribution >= 4 is 27.5 Å². The van der Waals surface area contributed by atoms with E-state index >= 15 is 0 Å². The van der Waals surface area contributed by atoms with E-state index < -0.39 is 11.9 Å². The molecule has 0 radical (unpaired) electrons. The number of rotatable bonds is 5. The van der Waals surface area contributed by atoms with Crippen LogP contribution in [-0.2, 0) is 0 Å². The molecule has 0 heterocycles. The van der Waals surface area contributed by atoms with Gasteiger partial charge >= 0.3 is 0 Å². The Bertz CT molecular complexity index is 634. The quantitative estimate of drug-likeness (QED) is 0.684. The second-order valence-corrected chi connectivity index (χ2v) is 5.94.